The highest BCUT2D eigenvalue weighted by atomic mass is 16.5. The molecule has 1 aliphatic rings. The van der Waals surface area contributed by atoms with Crippen LogP contribution in [0, 0.1) is 6.92 Å². The van der Waals surface area contributed by atoms with Crippen molar-refractivity contribution >= 4 is 45.0 Å². The molecule has 3 aromatic carbocycles. The maximum atomic E-state index is 12.2. The number of carbonyl (C=O) groups excluding carboxylic acids is 1. The van der Waals surface area contributed by atoms with E-state index < -0.39 is 0 Å². The van der Waals surface area contributed by atoms with E-state index in [0.29, 0.717) is 12.2 Å². The van der Waals surface area contributed by atoms with Gasteiger partial charge in [0.05, 0.1) is 22.9 Å². The number of rotatable bonds is 5. The molecule has 1 aliphatic heterocycles. The van der Waals surface area contributed by atoms with Gasteiger partial charge in [0.2, 0.25) is 5.91 Å². The van der Waals surface area contributed by atoms with Gasteiger partial charge in [0, 0.05) is 42.8 Å². The molecule has 0 saturated carbocycles. The molecule has 3 heterocycles. The Labute approximate surface area is 202 Å². The summed E-state index contributed by atoms with van der Waals surface area (Å²) < 4.78 is 8.12. The zero-order valence-corrected chi connectivity index (χ0v) is 19.5. The highest BCUT2D eigenvalue weighted by molar-refractivity contribution is 5.99. The molecule has 0 aliphatic carbocycles. The monoisotopic (exact) mass is 464 g/mol. The van der Waals surface area contributed by atoms with Crippen LogP contribution >= 0.6 is 0 Å². The Morgan fingerprint density at radius 3 is 2.71 bits per heavy atom. The maximum Gasteiger partial charge on any atom is 0.227 e. The molecule has 0 spiro atoms. The van der Waals surface area contributed by atoms with E-state index in [9.17, 15) is 4.79 Å². The van der Waals surface area contributed by atoms with Gasteiger partial charge < -0.3 is 19.5 Å². The fourth-order valence-electron chi connectivity index (χ4n) is 4.52. The lowest BCUT2D eigenvalue weighted by molar-refractivity contribution is -0.117. The third-order valence-electron chi connectivity index (χ3n) is 6.37. The average molecular weight is 465 g/mol. The molecule has 174 valence electrons. The van der Waals surface area contributed by atoms with E-state index in [0.717, 1.165) is 63.3 Å². The molecular weight excluding hydrogens is 440 g/mol. The first-order valence-electron chi connectivity index (χ1n) is 11.6. The SMILES string of the molecule is Cc1cc(Nc2ncnc3ccc(N4CCCC4=O)cc23)ccc1Oc1ccc2c(c1)ncn2C. The van der Waals surface area contributed by atoms with Crippen molar-refractivity contribution in [3.8, 4) is 11.5 Å². The van der Waals surface area contributed by atoms with Crippen molar-refractivity contribution < 1.29 is 9.53 Å². The van der Waals surface area contributed by atoms with Crippen molar-refractivity contribution in [3.63, 3.8) is 0 Å². The third-order valence-corrected chi connectivity index (χ3v) is 6.37. The normalized spacial score (nSPS) is 13.7. The average Bonchev–Trinajstić information content (AvgIpc) is 3.46. The summed E-state index contributed by atoms with van der Waals surface area (Å²) in [5.74, 6) is 2.36. The zero-order valence-electron chi connectivity index (χ0n) is 19.5. The molecule has 2 aromatic heterocycles. The second-order valence-electron chi connectivity index (χ2n) is 8.79. The summed E-state index contributed by atoms with van der Waals surface area (Å²) in [6, 6.07) is 17.7. The van der Waals surface area contributed by atoms with Crippen molar-refractivity contribution in [2.75, 3.05) is 16.8 Å². The van der Waals surface area contributed by atoms with E-state index in [4.69, 9.17) is 4.74 Å². The number of ether oxygens (including phenoxy) is 1. The summed E-state index contributed by atoms with van der Waals surface area (Å²) in [7, 11) is 1.97. The number of aromatic nitrogens is 4. The molecule has 35 heavy (non-hydrogen) atoms. The fraction of sp³-hybridized carbons (Fsp3) is 0.185. The van der Waals surface area contributed by atoms with Gasteiger partial charge in [0.1, 0.15) is 23.6 Å². The number of aryl methyl sites for hydroxylation is 2. The van der Waals surface area contributed by atoms with Crippen LogP contribution in [0.15, 0.2) is 67.3 Å². The van der Waals surface area contributed by atoms with Gasteiger partial charge >= 0.3 is 0 Å². The highest BCUT2D eigenvalue weighted by Crippen LogP contribution is 2.32. The summed E-state index contributed by atoms with van der Waals surface area (Å²) in [6.07, 6.45) is 4.82. The van der Waals surface area contributed by atoms with Crippen LogP contribution in [0.3, 0.4) is 0 Å². The lowest BCUT2D eigenvalue weighted by Gasteiger charge is -2.17. The summed E-state index contributed by atoms with van der Waals surface area (Å²) in [5.41, 5.74) is 5.52. The molecule has 8 heteroatoms. The predicted molar refractivity (Wildman–Crippen MR) is 136 cm³/mol. The molecule has 0 radical (unpaired) electrons. The summed E-state index contributed by atoms with van der Waals surface area (Å²) in [6.45, 7) is 2.75. The lowest BCUT2D eigenvalue weighted by Crippen LogP contribution is -2.23. The fourth-order valence-corrected chi connectivity index (χ4v) is 4.52. The number of carbonyl (C=O) groups is 1. The van der Waals surface area contributed by atoms with Gasteiger partial charge in [-0.05, 0) is 67.4 Å². The molecule has 8 nitrogen and oxygen atoms in total. The van der Waals surface area contributed by atoms with E-state index in [-0.39, 0.29) is 5.91 Å². The Balaban J connectivity index is 1.26. The predicted octanol–water partition coefficient (Wildman–Crippen LogP) is 5.49. The first-order valence-corrected chi connectivity index (χ1v) is 11.6. The molecule has 1 saturated heterocycles. The van der Waals surface area contributed by atoms with Gasteiger partial charge in [0.25, 0.3) is 0 Å². The quantitative estimate of drug-likeness (QED) is 0.370. The van der Waals surface area contributed by atoms with Crippen LogP contribution in [0.25, 0.3) is 21.9 Å². The number of benzene rings is 3. The zero-order chi connectivity index (χ0) is 23.9. The van der Waals surface area contributed by atoms with E-state index in [1.54, 1.807) is 12.7 Å². The number of fused-ring (bicyclic) bond motifs is 2. The Kier molecular flexibility index (Phi) is 5.06. The maximum absolute atomic E-state index is 12.2. The number of hydrogen-bond donors (Lipinski definition) is 1. The van der Waals surface area contributed by atoms with Crippen LogP contribution in [0.5, 0.6) is 11.5 Å². The van der Waals surface area contributed by atoms with Gasteiger partial charge in [-0.2, -0.15) is 0 Å². The van der Waals surface area contributed by atoms with Gasteiger partial charge in [0.15, 0.2) is 0 Å². The number of amides is 1. The number of hydrogen-bond acceptors (Lipinski definition) is 6. The molecule has 0 unspecified atom stereocenters. The third kappa shape index (κ3) is 3.93. The molecule has 0 atom stereocenters. The standard InChI is InChI=1S/C27H24N6O2/c1-17-12-18(5-10-25(17)35-20-7-9-24-23(14-20)30-16-32(24)2)31-27-21-13-19(33-11-3-4-26(33)34)6-8-22(21)28-15-29-27/h5-10,12-16H,3-4,11H2,1-2H3,(H,28,29,31). The highest BCUT2D eigenvalue weighted by Gasteiger charge is 2.22. The second kappa shape index (κ2) is 8.39. The molecule has 6 rings (SSSR count). The first kappa shape index (κ1) is 21.1. The number of nitrogens with zero attached hydrogens (tertiary/aromatic N) is 5. The van der Waals surface area contributed by atoms with Crippen LogP contribution in [0.1, 0.15) is 18.4 Å². The van der Waals surface area contributed by atoms with E-state index in [2.05, 4.69) is 20.3 Å². The van der Waals surface area contributed by atoms with Gasteiger partial charge in [-0.1, -0.05) is 0 Å². The van der Waals surface area contributed by atoms with Crippen LogP contribution in [0.2, 0.25) is 0 Å². The Morgan fingerprint density at radius 1 is 0.971 bits per heavy atom. The summed E-state index contributed by atoms with van der Waals surface area (Å²) in [5, 5.41) is 4.28. The van der Waals surface area contributed by atoms with Crippen LogP contribution in [-0.2, 0) is 11.8 Å². The topological polar surface area (TPSA) is 85.2 Å². The number of imidazole rings is 1. The van der Waals surface area contributed by atoms with Crippen molar-refractivity contribution in [1.29, 1.82) is 0 Å². The molecule has 1 amide bonds. The minimum absolute atomic E-state index is 0.157. The van der Waals surface area contributed by atoms with Gasteiger partial charge in [-0.25, -0.2) is 15.0 Å². The smallest absolute Gasteiger partial charge is 0.227 e. The molecule has 1 N–H and O–H groups in total. The molecule has 1 fully saturated rings. The first-order chi connectivity index (χ1) is 17.0. The van der Waals surface area contributed by atoms with Crippen LogP contribution in [-0.4, -0.2) is 32.0 Å². The summed E-state index contributed by atoms with van der Waals surface area (Å²) >= 11 is 0. The van der Waals surface area contributed by atoms with Crippen molar-refractivity contribution in [2.45, 2.75) is 19.8 Å². The number of nitrogens with one attached hydrogen (secondary N) is 1. The molecule has 0 bridgehead atoms. The van der Waals surface area contributed by atoms with Gasteiger partial charge in [-0.15, -0.1) is 0 Å². The van der Waals surface area contributed by atoms with E-state index >= 15 is 0 Å². The van der Waals surface area contributed by atoms with Gasteiger partial charge in [-0.3, -0.25) is 4.79 Å². The number of anilines is 3. The largest absolute Gasteiger partial charge is 0.457 e. The Bertz CT molecular complexity index is 1590. The summed E-state index contributed by atoms with van der Waals surface area (Å²) in [4.78, 5) is 27.3. The van der Waals surface area contributed by atoms with Crippen molar-refractivity contribution in [1.82, 2.24) is 19.5 Å². The van der Waals surface area contributed by atoms with Crippen LogP contribution < -0.4 is 15.0 Å². The van der Waals surface area contributed by atoms with Crippen LogP contribution in [0.4, 0.5) is 17.2 Å². The Hall–Kier alpha value is -4.46. The molecule has 5 aromatic rings. The molecular formula is C27H24N6O2. The second-order valence-corrected chi connectivity index (χ2v) is 8.79. The van der Waals surface area contributed by atoms with E-state index in [1.807, 2.05) is 78.0 Å². The Morgan fingerprint density at radius 2 is 1.89 bits per heavy atom. The minimum atomic E-state index is 0.157. The van der Waals surface area contributed by atoms with Crippen molar-refractivity contribution in [3.05, 3.63) is 72.8 Å². The minimum Gasteiger partial charge on any atom is -0.457 e. The van der Waals surface area contributed by atoms with E-state index in [1.165, 1.54) is 0 Å². The van der Waals surface area contributed by atoms with Crippen molar-refractivity contribution in [2.24, 2.45) is 7.05 Å². The lowest BCUT2D eigenvalue weighted by atomic mass is 10.1.